The van der Waals surface area contributed by atoms with Crippen LogP contribution in [0.25, 0.3) is 5.57 Å². The minimum atomic E-state index is -0.286. The van der Waals surface area contributed by atoms with Crippen LogP contribution >= 0.6 is 0 Å². The van der Waals surface area contributed by atoms with Crippen molar-refractivity contribution in [3.8, 4) is 0 Å². The summed E-state index contributed by atoms with van der Waals surface area (Å²) in [5.74, 6) is 0.206. The molecule has 0 aromatic heterocycles. The van der Waals surface area contributed by atoms with Crippen molar-refractivity contribution < 1.29 is 9.18 Å². The molecule has 1 aromatic carbocycles. The number of rotatable bonds is 4. The molecule has 1 aromatic rings. The second-order valence-corrected chi connectivity index (χ2v) is 5.66. The first-order valence-electron chi connectivity index (χ1n) is 7.48. The van der Waals surface area contributed by atoms with Crippen LogP contribution in [0.5, 0.6) is 0 Å². The van der Waals surface area contributed by atoms with Crippen molar-refractivity contribution in [1.29, 1.82) is 0 Å². The summed E-state index contributed by atoms with van der Waals surface area (Å²) in [6, 6.07) is 6.56. The number of allylic oxidation sites excluding steroid dienone is 1. The lowest BCUT2D eigenvalue weighted by Gasteiger charge is -2.32. The van der Waals surface area contributed by atoms with Crippen LogP contribution in [0, 0.1) is 11.7 Å². The van der Waals surface area contributed by atoms with Gasteiger partial charge in [0.2, 0.25) is 5.91 Å². The second kappa shape index (κ2) is 7.36. The summed E-state index contributed by atoms with van der Waals surface area (Å²) in [4.78, 5) is 14.2. The lowest BCUT2D eigenvalue weighted by molar-refractivity contribution is -0.127. The zero-order chi connectivity index (χ0) is 15.2. The number of piperidine rings is 1. The van der Waals surface area contributed by atoms with Crippen LogP contribution in [0.15, 0.2) is 30.3 Å². The van der Waals surface area contributed by atoms with E-state index in [1.807, 2.05) is 11.9 Å². The Balaban J connectivity index is 2.06. The van der Waals surface area contributed by atoms with E-state index >= 15 is 0 Å². The molecule has 1 amide bonds. The minimum absolute atomic E-state index is 0.0171. The molecule has 0 spiro atoms. The van der Waals surface area contributed by atoms with E-state index in [0.717, 1.165) is 32.5 Å². The molecule has 1 saturated heterocycles. The molecule has 0 aliphatic carbocycles. The van der Waals surface area contributed by atoms with Gasteiger partial charge in [0.1, 0.15) is 5.82 Å². The lowest BCUT2D eigenvalue weighted by Crippen LogP contribution is -2.41. The highest BCUT2D eigenvalue weighted by atomic mass is 19.1. The summed E-state index contributed by atoms with van der Waals surface area (Å²) in [5.41, 5.74) is 1.17. The van der Waals surface area contributed by atoms with Gasteiger partial charge >= 0.3 is 0 Å². The molecule has 3 nitrogen and oxygen atoms in total. The molecule has 2 rings (SSSR count). The number of hydrogen-bond donors (Lipinski definition) is 1. The van der Waals surface area contributed by atoms with E-state index in [2.05, 4.69) is 5.32 Å². The first kappa shape index (κ1) is 15.7. The van der Waals surface area contributed by atoms with E-state index in [0.29, 0.717) is 17.1 Å². The van der Waals surface area contributed by atoms with Gasteiger partial charge in [0.25, 0.3) is 0 Å². The van der Waals surface area contributed by atoms with Gasteiger partial charge in [0.05, 0.1) is 0 Å². The van der Waals surface area contributed by atoms with Crippen LogP contribution in [-0.2, 0) is 4.79 Å². The number of carbonyl (C=O) groups is 1. The Morgan fingerprint density at radius 2 is 2.24 bits per heavy atom. The van der Waals surface area contributed by atoms with Crippen molar-refractivity contribution in [2.24, 2.45) is 5.92 Å². The number of likely N-dealkylation sites (tertiary alicyclic amines) is 1. The van der Waals surface area contributed by atoms with E-state index in [9.17, 15) is 9.18 Å². The smallest absolute Gasteiger partial charge is 0.246 e. The Hall–Kier alpha value is -1.68. The summed E-state index contributed by atoms with van der Waals surface area (Å²) >= 11 is 0. The molecule has 4 heteroatoms. The summed E-state index contributed by atoms with van der Waals surface area (Å²) < 4.78 is 13.7. The standard InChI is InChI=1S/C17H23FN2O/c1-13(15-7-3-4-8-16(15)18)10-17(21)20-9-5-6-14(12-20)11-19-2/h3-4,7-8,10,14,19H,5-6,9,11-12H2,1-2H3/b13-10+. The van der Waals surface area contributed by atoms with Gasteiger partial charge in [-0.05, 0) is 50.9 Å². The molecule has 1 aliphatic heterocycles. The molecule has 1 atom stereocenters. The number of amides is 1. The van der Waals surface area contributed by atoms with E-state index in [4.69, 9.17) is 0 Å². The largest absolute Gasteiger partial charge is 0.339 e. The average molecular weight is 290 g/mol. The monoisotopic (exact) mass is 290 g/mol. The Morgan fingerprint density at radius 3 is 2.95 bits per heavy atom. The van der Waals surface area contributed by atoms with E-state index < -0.39 is 0 Å². The molecule has 1 fully saturated rings. The van der Waals surface area contributed by atoms with Gasteiger partial charge in [-0.1, -0.05) is 18.2 Å². The van der Waals surface area contributed by atoms with Crippen molar-refractivity contribution in [1.82, 2.24) is 10.2 Å². The Morgan fingerprint density at radius 1 is 1.48 bits per heavy atom. The number of nitrogens with zero attached hydrogens (tertiary/aromatic N) is 1. The molecule has 1 unspecified atom stereocenters. The van der Waals surface area contributed by atoms with Crippen molar-refractivity contribution >= 4 is 11.5 Å². The van der Waals surface area contributed by atoms with Crippen molar-refractivity contribution in [3.63, 3.8) is 0 Å². The fourth-order valence-corrected chi connectivity index (χ4v) is 2.86. The van der Waals surface area contributed by atoms with Gasteiger partial charge in [-0.25, -0.2) is 4.39 Å². The third-order valence-corrected chi connectivity index (χ3v) is 3.96. The highest BCUT2D eigenvalue weighted by Crippen LogP contribution is 2.20. The summed E-state index contributed by atoms with van der Waals surface area (Å²) in [7, 11) is 1.93. The summed E-state index contributed by atoms with van der Waals surface area (Å²) in [5, 5.41) is 3.17. The van der Waals surface area contributed by atoms with Crippen LogP contribution in [0.1, 0.15) is 25.3 Å². The first-order chi connectivity index (χ1) is 10.1. The zero-order valence-corrected chi connectivity index (χ0v) is 12.7. The Labute approximate surface area is 125 Å². The Kier molecular flexibility index (Phi) is 5.51. The number of halogens is 1. The molecule has 1 N–H and O–H groups in total. The van der Waals surface area contributed by atoms with Crippen molar-refractivity contribution in [3.05, 3.63) is 41.7 Å². The predicted molar refractivity (Wildman–Crippen MR) is 83.3 cm³/mol. The number of nitrogens with one attached hydrogen (secondary N) is 1. The fraction of sp³-hybridized carbons (Fsp3) is 0.471. The molecule has 21 heavy (non-hydrogen) atoms. The average Bonchev–Trinajstić information content (AvgIpc) is 2.48. The maximum Gasteiger partial charge on any atom is 0.246 e. The third kappa shape index (κ3) is 4.14. The molecule has 0 saturated carbocycles. The summed E-state index contributed by atoms with van der Waals surface area (Å²) in [6.45, 7) is 4.28. The number of benzene rings is 1. The predicted octanol–water partition coefficient (Wildman–Crippen LogP) is 2.69. The molecule has 1 aliphatic rings. The molecule has 0 bridgehead atoms. The zero-order valence-electron chi connectivity index (χ0n) is 12.7. The van der Waals surface area contributed by atoms with Gasteiger partial charge < -0.3 is 10.2 Å². The minimum Gasteiger partial charge on any atom is -0.339 e. The number of hydrogen-bond acceptors (Lipinski definition) is 2. The molecule has 1 heterocycles. The van der Waals surface area contributed by atoms with Gasteiger partial charge in [0, 0.05) is 24.7 Å². The van der Waals surface area contributed by atoms with Gasteiger partial charge in [-0.3, -0.25) is 4.79 Å². The van der Waals surface area contributed by atoms with Gasteiger partial charge in [-0.15, -0.1) is 0 Å². The van der Waals surface area contributed by atoms with Gasteiger partial charge in [0.15, 0.2) is 0 Å². The molecular weight excluding hydrogens is 267 g/mol. The SMILES string of the molecule is CNCC1CCCN(C(=O)/C=C(\C)c2ccccc2F)C1. The van der Waals surface area contributed by atoms with Gasteiger partial charge in [-0.2, -0.15) is 0 Å². The van der Waals surface area contributed by atoms with Crippen molar-refractivity contribution in [2.45, 2.75) is 19.8 Å². The van der Waals surface area contributed by atoms with Crippen LogP contribution in [0.3, 0.4) is 0 Å². The van der Waals surface area contributed by atoms with Crippen LogP contribution in [0.2, 0.25) is 0 Å². The quantitative estimate of drug-likeness (QED) is 0.865. The lowest BCUT2D eigenvalue weighted by atomic mass is 9.97. The normalized spacial score (nSPS) is 19.7. The van der Waals surface area contributed by atoms with E-state index in [1.54, 1.807) is 31.2 Å². The van der Waals surface area contributed by atoms with E-state index in [1.165, 1.54) is 6.07 Å². The molecular formula is C17H23FN2O. The van der Waals surface area contributed by atoms with E-state index in [-0.39, 0.29) is 11.7 Å². The maximum absolute atomic E-state index is 13.7. The Bertz CT molecular complexity index is 525. The topological polar surface area (TPSA) is 32.3 Å². The number of carbonyl (C=O) groups excluding carboxylic acids is 1. The summed E-state index contributed by atoms with van der Waals surface area (Å²) in [6.07, 6.45) is 3.74. The highest BCUT2D eigenvalue weighted by Gasteiger charge is 2.22. The fourth-order valence-electron chi connectivity index (χ4n) is 2.86. The van der Waals surface area contributed by atoms with Crippen molar-refractivity contribution in [2.75, 3.05) is 26.7 Å². The van der Waals surface area contributed by atoms with Crippen LogP contribution < -0.4 is 5.32 Å². The first-order valence-corrected chi connectivity index (χ1v) is 7.48. The second-order valence-electron chi connectivity index (χ2n) is 5.66. The molecule has 114 valence electrons. The van der Waals surface area contributed by atoms with Crippen LogP contribution in [0.4, 0.5) is 4.39 Å². The maximum atomic E-state index is 13.7. The highest BCUT2D eigenvalue weighted by molar-refractivity contribution is 5.95. The third-order valence-electron chi connectivity index (χ3n) is 3.96. The molecule has 0 radical (unpaired) electrons. The van der Waals surface area contributed by atoms with Crippen LogP contribution in [-0.4, -0.2) is 37.5 Å².